The number of carbonyl (C=O) groups excluding carboxylic acids is 4. The maximum absolute atomic E-state index is 12.0. The average Bonchev–Trinajstić information content (AvgIpc) is 2.63. The van der Waals surface area contributed by atoms with Crippen LogP contribution in [0, 0.1) is 0 Å². The first-order valence-electron chi connectivity index (χ1n) is 9.06. The number of ketones is 1. The predicted molar refractivity (Wildman–Crippen MR) is 104 cm³/mol. The molecule has 1 unspecified atom stereocenters. The Balaban J connectivity index is 0. The first kappa shape index (κ1) is 27.5. The molecule has 0 heterocycles. The minimum Gasteiger partial charge on any atom is -0.481 e. The third kappa shape index (κ3) is 15.6. The van der Waals surface area contributed by atoms with Crippen molar-refractivity contribution in [2.45, 2.75) is 58.5 Å². The summed E-state index contributed by atoms with van der Waals surface area (Å²) in [5.74, 6) is -1.68. The zero-order chi connectivity index (χ0) is 22.1. The highest BCUT2D eigenvalue weighted by molar-refractivity contribution is 5.91. The molecule has 28 heavy (non-hydrogen) atoms. The Morgan fingerprint density at radius 3 is 2.11 bits per heavy atom. The van der Waals surface area contributed by atoms with Gasteiger partial charge in [-0.15, -0.1) is 0 Å². The number of urea groups is 1. The number of Topliss-reactive ketones (excluding diaryl/α,β-unsaturated/α-hetero) is 1. The fourth-order valence-corrected chi connectivity index (χ4v) is 1.78. The average molecular weight is 403 g/mol. The molecule has 0 saturated heterocycles. The Hall–Kier alpha value is -2.69. The fourth-order valence-electron chi connectivity index (χ4n) is 1.78. The molecule has 0 aromatic carbocycles. The molecular weight excluding hydrogens is 370 g/mol. The molecule has 0 aromatic rings. The van der Waals surface area contributed by atoms with Gasteiger partial charge in [0.25, 0.3) is 0 Å². The molecule has 11 heteroatoms. The van der Waals surface area contributed by atoms with Crippen molar-refractivity contribution in [1.29, 1.82) is 0 Å². The Bertz CT molecular complexity index is 526. The summed E-state index contributed by atoms with van der Waals surface area (Å²) < 4.78 is 0. The minimum absolute atomic E-state index is 0.138. The molecule has 7 N–H and O–H groups in total. The molecular formula is C17H33N5O6. The first-order valence-corrected chi connectivity index (χ1v) is 9.06. The van der Waals surface area contributed by atoms with E-state index in [4.69, 9.17) is 10.8 Å². The molecule has 11 nitrogen and oxygen atoms in total. The Morgan fingerprint density at radius 1 is 1.11 bits per heavy atom. The number of carboxylic acid groups (broad SMARTS) is 1. The summed E-state index contributed by atoms with van der Waals surface area (Å²) in [5, 5.41) is 17.8. The van der Waals surface area contributed by atoms with Crippen molar-refractivity contribution in [3.05, 3.63) is 0 Å². The minimum atomic E-state index is -0.750. The summed E-state index contributed by atoms with van der Waals surface area (Å²) in [6.07, 6.45) is 1.29. The summed E-state index contributed by atoms with van der Waals surface area (Å²) in [6, 6.07) is -1.70. The maximum Gasteiger partial charge on any atom is 0.314 e. The van der Waals surface area contributed by atoms with Gasteiger partial charge in [-0.2, -0.15) is 0 Å². The van der Waals surface area contributed by atoms with Gasteiger partial charge in [0, 0.05) is 33.0 Å². The lowest BCUT2D eigenvalue weighted by molar-refractivity contribution is -0.136. The van der Waals surface area contributed by atoms with Crippen LogP contribution in [0.1, 0.15) is 46.5 Å². The molecule has 0 bridgehead atoms. The molecule has 0 aliphatic carbocycles. The normalized spacial score (nSPS) is 11.8. The molecule has 4 amide bonds. The van der Waals surface area contributed by atoms with E-state index in [1.807, 2.05) is 0 Å². The van der Waals surface area contributed by atoms with Gasteiger partial charge in [-0.1, -0.05) is 6.92 Å². The molecule has 162 valence electrons. The highest BCUT2D eigenvalue weighted by Gasteiger charge is 2.21. The number of amides is 4. The van der Waals surface area contributed by atoms with Crippen LogP contribution < -0.4 is 27.0 Å². The lowest BCUT2D eigenvalue weighted by atomic mass is 10.1. The maximum atomic E-state index is 12.0. The van der Waals surface area contributed by atoms with Crippen molar-refractivity contribution in [3.8, 4) is 0 Å². The second kappa shape index (κ2) is 16.5. The van der Waals surface area contributed by atoms with E-state index in [0.29, 0.717) is 19.4 Å². The number of aliphatic carboxylic acids is 1. The summed E-state index contributed by atoms with van der Waals surface area (Å²) in [7, 11) is 1.51. The summed E-state index contributed by atoms with van der Waals surface area (Å²) in [5.41, 5.74) is 5.26. The van der Waals surface area contributed by atoms with E-state index in [1.54, 1.807) is 6.92 Å². The van der Waals surface area contributed by atoms with Gasteiger partial charge in [0.2, 0.25) is 11.8 Å². The van der Waals surface area contributed by atoms with Crippen molar-refractivity contribution < 1.29 is 29.1 Å². The summed E-state index contributed by atoms with van der Waals surface area (Å²) in [6.45, 7) is 5.11. The summed E-state index contributed by atoms with van der Waals surface area (Å²) in [4.78, 5) is 55.4. The van der Waals surface area contributed by atoms with Crippen LogP contribution >= 0.6 is 0 Å². The van der Waals surface area contributed by atoms with Crippen LogP contribution in [0.25, 0.3) is 0 Å². The van der Waals surface area contributed by atoms with Crippen molar-refractivity contribution in [3.63, 3.8) is 0 Å². The van der Waals surface area contributed by atoms with Crippen molar-refractivity contribution in [2.75, 3.05) is 20.1 Å². The van der Waals surface area contributed by atoms with E-state index < -0.39 is 24.0 Å². The molecule has 2 atom stereocenters. The molecule has 0 aliphatic rings. The fraction of sp³-hybridized carbons (Fsp3) is 0.706. The standard InChI is InChI=1S/C14H27N5O4.C3H6O2/c1-9(18-12(21)6-7-15)13(22)19-11(10(2)20)5-4-8-17-14(23)16-3;1-2-3(4)5/h9,11H,4-8,15H2,1-3H3,(H,18,21)(H,19,22)(H2,16,17,23);2H2,1H3,(H,4,5)/t9?,11-;/m0./s1. The predicted octanol–water partition coefficient (Wildman–Crippen LogP) is -0.896. The second-order valence-corrected chi connectivity index (χ2v) is 5.90. The van der Waals surface area contributed by atoms with Crippen molar-refractivity contribution in [1.82, 2.24) is 21.3 Å². The number of hydrogen-bond donors (Lipinski definition) is 6. The monoisotopic (exact) mass is 403 g/mol. The summed E-state index contributed by atoms with van der Waals surface area (Å²) >= 11 is 0. The van der Waals surface area contributed by atoms with Crippen LogP contribution in [-0.2, 0) is 19.2 Å². The van der Waals surface area contributed by atoms with Gasteiger partial charge < -0.3 is 32.1 Å². The third-order valence-electron chi connectivity index (χ3n) is 3.43. The molecule has 0 rings (SSSR count). The van der Waals surface area contributed by atoms with Crippen LogP contribution in [-0.4, -0.2) is 66.9 Å². The molecule has 0 aromatic heterocycles. The second-order valence-electron chi connectivity index (χ2n) is 5.90. The van der Waals surface area contributed by atoms with Crippen LogP contribution in [0.15, 0.2) is 0 Å². The number of nitrogens with two attached hydrogens (primary N) is 1. The lowest BCUT2D eigenvalue weighted by Gasteiger charge is -2.19. The van der Waals surface area contributed by atoms with Gasteiger partial charge in [-0.3, -0.25) is 19.2 Å². The van der Waals surface area contributed by atoms with E-state index in [0.717, 1.165) is 0 Å². The van der Waals surface area contributed by atoms with Gasteiger partial charge in [-0.25, -0.2) is 4.79 Å². The van der Waals surface area contributed by atoms with Crippen molar-refractivity contribution in [2.24, 2.45) is 5.73 Å². The van der Waals surface area contributed by atoms with Crippen LogP contribution in [0.3, 0.4) is 0 Å². The SMILES string of the molecule is CCC(=O)O.CNC(=O)NCCC[C@H](NC(=O)C(C)NC(=O)CCN)C(C)=O. The molecule has 0 spiro atoms. The quantitative estimate of drug-likeness (QED) is 0.242. The highest BCUT2D eigenvalue weighted by atomic mass is 16.4. The van der Waals surface area contributed by atoms with Crippen LogP contribution in [0.4, 0.5) is 4.79 Å². The number of carboxylic acids is 1. The zero-order valence-electron chi connectivity index (χ0n) is 17.0. The number of carbonyl (C=O) groups is 5. The molecule has 0 saturated carbocycles. The van der Waals surface area contributed by atoms with Gasteiger partial charge in [0.1, 0.15) is 6.04 Å². The zero-order valence-corrected chi connectivity index (χ0v) is 17.0. The lowest BCUT2D eigenvalue weighted by Crippen LogP contribution is -2.50. The molecule has 0 fully saturated rings. The van der Waals surface area contributed by atoms with Gasteiger partial charge in [-0.05, 0) is 26.7 Å². The molecule has 0 radical (unpaired) electrons. The van der Waals surface area contributed by atoms with Gasteiger partial charge in [0.15, 0.2) is 5.78 Å². The molecule has 0 aliphatic heterocycles. The van der Waals surface area contributed by atoms with E-state index >= 15 is 0 Å². The van der Waals surface area contributed by atoms with Crippen LogP contribution in [0.5, 0.6) is 0 Å². The van der Waals surface area contributed by atoms with Crippen molar-refractivity contribution >= 4 is 29.6 Å². The highest BCUT2D eigenvalue weighted by Crippen LogP contribution is 1.99. The Kier molecular flexibility index (Phi) is 16.2. The number of nitrogens with one attached hydrogen (secondary N) is 4. The Labute approximate surface area is 165 Å². The topological polar surface area (TPSA) is 180 Å². The number of hydrogen-bond acceptors (Lipinski definition) is 6. The third-order valence-corrected chi connectivity index (χ3v) is 3.43. The van der Waals surface area contributed by atoms with E-state index in [-0.39, 0.29) is 37.1 Å². The Morgan fingerprint density at radius 2 is 1.68 bits per heavy atom. The smallest absolute Gasteiger partial charge is 0.314 e. The van der Waals surface area contributed by atoms with E-state index in [2.05, 4.69) is 21.3 Å². The first-order chi connectivity index (χ1) is 13.1. The van der Waals surface area contributed by atoms with E-state index in [1.165, 1.54) is 20.9 Å². The number of rotatable bonds is 11. The largest absolute Gasteiger partial charge is 0.481 e. The van der Waals surface area contributed by atoms with E-state index in [9.17, 15) is 24.0 Å². The van der Waals surface area contributed by atoms with Gasteiger partial charge in [0.05, 0.1) is 6.04 Å². The van der Waals surface area contributed by atoms with Gasteiger partial charge >= 0.3 is 12.0 Å². The van der Waals surface area contributed by atoms with Crippen LogP contribution in [0.2, 0.25) is 0 Å².